The summed E-state index contributed by atoms with van der Waals surface area (Å²) in [6, 6.07) is 7.47. The van der Waals surface area contributed by atoms with Crippen molar-refractivity contribution in [1.29, 1.82) is 0 Å². The van der Waals surface area contributed by atoms with Crippen LogP contribution < -0.4 is 5.56 Å². The molecule has 1 unspecified atom stereocenters. The summed E-state index contributed by atoms with van der Waals surface area (Å²) < 4.78 is 9.30. The highest BCUT2D eigenvalue weighted by molar-refractivity contribution is 7.98. The number of rotatable bonds is 7. The fourth-order valence-corrected chi connectivity index (χ4v) is 4.19. The van der Waals surface area contributed by atoms with Gasteiger partial charge in [0.05, 0.1) is 29.3 Å². The van der Waals surface area contributed by atoms with Gasteiger partial charge in [-0.25, -0.2) is 9.67 Å². The first kappa shape index (κ1) is 18.1. The summed E-state index contributed by atoms with van der Waals surface area (Å²) in [6.45, 7) is 4.15. The van der Waals surface area contributed by atoms with Gasteiger partial charge in [-0.2, -0.15) is 0 Å². The number of hydrogen-bond acceptors (Lipinski definition) is 7. The minimum atomic E-state index is -0.0215. The number of para-hydroxylation sites is 1. The van der Waals surface area contributed by atoms with Crippen LogP contribution in [0.3, 0.4) is 0 Å². The van der Waals surface area contributed by atoms with Gasteiger partial charge in [-0.3, -0.25) is 9.36 Å². The lowest BCUT2D eigenvalue weighted by Gasteiger charge is -2.16. The second kappa shape index (κ2) is 8.18. The molecule has 9 heteroatoms. The van der Waals surface area contributed by atoms with Crippen LogP contribution in [0.5, 0.6) is 0 Å². The van der Waals surface area contributed by atoms with Crippen molar-refractivity contribution in [2.45, 2.75) is 56.3 Å². The molecular formula is C18H22N6O2S. The number of nitrogens with zero attached hydrogens (tertiary/aromatic N) is 6. The second-order valence-corrected chi connectivity index (χ2v) is 7.51. The topological polar surface area (TPSA) is 87.7 Å². The summed E-state index contributed by atoms with van der Waals surface area (Å²) in [6.07, 6.45) is 3.03. The second-order valence-electron chi connectivity index (χ2n) is 6.57. The van der Waals surface area contributed by atoms with Crippen LogP contribution in [-0.4, -0.2) is 42.5 Å². The zero-order valence-corrected chi connectivity index (χ0v) is 16.1. The fraction of sp³-hybridized carbons (Fsp3) is 0.500. The number of thioether (sulfide) groups is 1. The molecule has 0 spiro atoms. The highest BCUT2D eigenvalue weighted by Gasteiger charge is 2.20. The summed E-state index contributed by atoms with van der Waals surface area (Å²) in [5.74, 6) is 1.34. The standard InChI is InChI=1S/C18H22N6O2S/c1-2-9-24-16(20-21-22-24)12-27-18-19-15-8-4-3-7-14(15)17(25)23(18)11-13-6-5-10-26-13/h3-4,7-8,13H,2,5-6,9-12H2,1H3. The Kier molecular flexibility index (Phi) is 5.49. The summed E-state index contributed by atoms with van der Waals surface area (Å²) in [7, 11) is 0. The van der Waals surface area contributed by atoms with Gasteiger partial charge in [0.25, 0.3) is 5.56 Å². The van der Waals surface area contributed by atoms with Crippen molar-refractivity contribution in [1.82, 2.24) is 29.8 Å². The van der Waals surface area contributed by atoms with Gasteiger partial charge in [-0.1, -0.05) is 30.8 Å². The predicted octanol–water partition coefficient (Wildman–Crippen LogP) is 2.26. The zero-order chi connectivity index (χ0) is 18.6. The molecule has 0 bridgehead atoms. The Morgan fingerprint density at radius 1 is 1.33 bits per heavy atom. The van der Waals surface area contributed by atoms with Crippen molar-refractivity contribution >= 4 is 22.7 Å². The van der Waals surface area contributed by atoms with Gasteiger partial charge in [0, 0.05) is 13.2 Å². The number of hydrogen-bond donors (Lipinski definition) is 0. The number of ether oxygens (including phenoxy) is 1. The molecule has 27 heavy (non-hydrogen) atoms. The highest BCUT2D eigenvalue weighted by atomic mass is 32.2. The predicted molar refractivity (Wildman–Crippen MR) is 103 cm³/mol. The molecule has 1 aliphatic heterocycles. The largest absolute Gasteiger partial charge is 0.376 e. The maximum absolute atomic E-state index is 13.1. The molecule has 1 aliphatic rings. The average molecular weight is 386 g/mol. The molecule has 0 N–H and O–H groups in total. The molecule has 4 rings (SSSR count). The van der Waals surface area contributed by atoms with E-state index in [-0.39, 0.29) is 11.7 Å². The Morgan fingerprint density at radius 3 is 3.04 bits per heavy atom. The molecule has 1 aromatic carbocycles. The molecular weight excluding hydrogens is 364 g/mol. The van der Waals surface area contributed by atoms with Gasteiger partial charge in [0.2, 0.25) is 0 Å². The van der Waals surface area contributed by atoms with Crippen molar-refractivity contribution in [3.8, 4) is 0 Å². The molecule has 1 fully saturated rings. The number of aryl methyl sites for hydroxylation is 1. The van der Waals surface area contributed by atoms with E-state index in [1.54, 1.807) is 9.25 Å². The fourth-order valence-electron chi connectivity index (χ4n) is 3.25. The number of tetrazole rings is 1. The van der Waals surface area contributed by atoms with Gasteiger partial charge in [-0.15, -0.1) is 5.10 Å². The molecule has 2 aromatic heterocycles. The highest BCUT2D eigenvalue weighted by Crippen LogP contribution is 2.23. The van der Waals surface area contributed by atoms with Crippen molar-refractivity contribution in [2.24, 2.45) is 0 Å². The van der Waals surface area contributed by atoms with Crippen LogP contribution in [0, 0.1) is 0 Å². The third-order valence-corrected chi connectivity index (χ3v) is 5.58. The molecule has 1 saturated heterocycles. The monoisotopic (exact) mass is 386 g/mol. The molecule has 0 saturated carbocycles. The summed E-state index contributed by atoms with van der Waals surface area (Å²) in [5, 5.41) is 13.2. The van der Waals surface area contributed by atoms with E-state index in [1.165, 1.54) is 11.8 Å². The van der Waals surface area contributed by atoms with Crippen LogP contribution in [0.25, 0.3) is 10.9 Å². The summed E-state index contributed by atoms with van der Waals surface area (Å²) in [5.41, 5.74) is 0.688. The Balaban J connectivity index is 1.66. The lowest BCUT2D eigenvalue weighted by Crippen LogP contribution is -2.28. The normalized spacial score (nSPS) is 17.0. The number of fused-ring (bicyclic) bond motifs is 1. The molecule has 0 aliphatic carbocycles. The van der Waals surface area contributed by atoms with Gasteiger partial charge in [-0.05, 0) is 41.8 Å². The van der Waals surface area contributed by atoms with E-state index >= 15 is 0 Å². The van der Waals surface area contributed by atoms with E-state index in [9.17, 15) is 4.79 Å². The first-order valence-corrected chi connectivity index (χ1v) is 10.2. The molecule has 0 amide bonds. The van der Waals surface area contributed by atoms with E-state index in [0.717, 1.165) is 38.2 Å². The summed E-state index contributed by atoms with van der Waals surface area (Å²) >= 11 is 1.49. The smallest absolute Gasteiger partial charge is 0.262 e. The minimum Gasteiger partial charge on any atom is -0.376 e. The Labute approximate surface area is 160 Å². The van der Waals surface area contributed by atoms with Gasteiger partial charge < -0.3 is 4.74 Å². The number of aromatic nitrogens is 6. The van der Waals surface area contributed by atoms with Crippen molar-refractivity contribution in [2.75, 3.05) is 6.61 Å². The third kappa shape index (κ3) is 3.89. The van der Waals surface area contributed by atoms with Crippen molar-refractivity contribution in [3.63, 3.8) is 0 Å². The first-order valence-electron chi connectivity index (χ1n) is 9.25. The van der Waals surface area contributed by atoms with Gasteiger partial charge in [0.15, 0.2) is 11.0 Å². The average Bonchev–Trinajstić information content (AvgIpc) is 3.35. The molecule has 3 aromatic rings. The van der Waals surface area contributed by atoms with Crippen LogP contribution in [0.1, 0.15) is 32.0 Å². The summed E-state index contributed by atoms with van der Waals surface area (Å²) in [4.78, 5) is 17.8. The van der Waals surface area contributed by atoms with Crippen molar-refractivity contribution in [3.05, 3.63) is 40.4 Å². The minimum absolute atomic E-state index is 0.0215. The molecule has 0 radical (unpaired) electrons. The van der Waals surface area contributed by atoms with Gasteiger partial charge >= 0.3 is 0 Å². The first-order chi connectivity index (χ1) is 13.3. The lowest BCUT2D eigenvalue weighted by molar-refractivity contribution is 0.0937. The van der Waals surface area contributed by atoms with E-state index in [0.29, 0.717) is 28.4 Å². The molecule has 8 nitrogen and oxygen atoms in total. The van der Waals surface area contributed by atoms with E-state index < -0.39 is 0 Å². The van der Waals surface area contributed by atoms with E-state index in [1.807, 2.05) is 24.3 Å². The van der Waals surface area contributed by atoms with Crippen LogP contribution in [0.4, 0.5) is 0 Å². The third-order valence-electron chi connectivity index (χ3n) is 4.61. The molecule has 142 valence electrons. The number of benzene rings is 1. The Hall–Kier alpha value is -2.26. The van der Waals surface area contributed by atoms with E-state index in [4.69, 9.17) is 9.72 Å². The lowest BCUT2D eigenvalue weighted by atomic mass is 10.2. The van der Waals surface area contributed by atoms with Crippen LogP contribution >= 0.6 is 11.8 Å². The van der Waals surface area contributed by atoms with Crippen LogP contribution in [0.2, 0.25) is 0 Å². The maximum atomic E-state index is 13.1. The quantitative estimate of drug-likeness (QED) is 0.455. The molecule has 1 atom stereocenters. The van der Waals surface area contributed by atoms with Crippen molar-refractivity contribution < 1.29 is 4.74 Å². The molecule has 3 heterocycles. The van der Waals surface area contributed by atoms with Crippen LogP contribution in [0.15, 0.2) is 34.2 Å². The Morgan fingerprint density at radius 2 is 2.22 bits per heavy atom. The Bertz CT molecular complexity index is 979. The van der Waals surface area contributed by atoms with Crippen LogP contribution in [-0.2, 0) is 23.6 Å². The zero-order valence-electron chi connectivity index (χ0n) is 15.2. The maximum Gasteiger partial charge on any atom is 0.262 e. The SMILES string of the molecule is CCCn1nnnc1CSc1nc2ccccc2c(=O)n1CC1CCCO1. The van der Waals surface area contributed by atoms with E-state index in [2.05, 4.69) is 22.4 Å². The van der Waals surface area contributed by atoms with Gasteiger partial charge in [0.1, 0.15) is 0 Å².